The average Bonchev–Trinajstić information content (AvgIpc) is 2.62. The molecule has 0 unspecified atom stereocenters. The lowest BCUT2D eigenvalue weighted by molar-refractivity contribution is -0.159. The van der Waals surface area contributed by atoms with E-state index >= 15 is 0 Å². The summed E-state index contributed by atoms with van der Waals surface area (Å²) >= 11 is 0. The van der Waals surface area contributed by atoms with E-state index in [4.69, 9.17) is 5.26 Å². The quantitative estimate of drug-likeness (QED) is 0.803. The van der Waals surface area contributed by atoms with Gasteiger partial charge >= 0.3 is 11.8 Å². The van der Waals surface area contributed by atoms with Crippen LogP contribution < -0.4 is 0 Å². The first-order valence-electron chi connectivity index (χ1n) is 8.17. The fourth-order valence-corrected chi connectivity index (χ4v) is 3.01. The zero-order valence-electron chi connectivity index (χ0n) is 14.9. The molecular formula is C18H20F2N4O2. The fraction of sp³-hybridized carbons (Fsp3) is 0.500. The highest BCUT2D eigenvalue weighted by Gasteiger charge is 2.46. The second-order valence-electron chi connectivity index (χ2n) is 7.03. The number of hydrogen-bond acceptors (Lipinski definition) is 5. The molecule has 1 atom stereocenters. The number of nitrogens with zero attached hydrogens (tertiary/aromatic N) is 4. The number of carbonyl (C=O) groups is 2. The maximum atomic E-state index is 14.2. The molecule has 0 spiro atoms. The van der Waals surface area contributed by atoms with Crippen molar-refractivity contribution in [1.29, 1.82) is 5.26 Å². The van der Waals surface area contributed by atoms with Crippen LogP contribution in [0.2, 0.25) is 0 Å². The number of alkyl halides is 2. The summed E-state index contributed by atoms with van der Waals surface area (Å²) in [6.07, 6.45) is 4.75. The van der Waals surface area contributed by atoms with Crippen molar-refractivity contribution in [3.05, 3.63) is 35.9 Å². The van der Waals surface area contributed by atoms with E-state index in [1.54, 1.807) is 19.9 Å². The Labute approximate surface area is 150 Å². The van der Waals surface area contributed by atoms with E-state index in [9.17, 15) is 18.4 Å². The number of allylic oxidation sites excluding steroid dienone is 2. The van der Waals surface area contributed by atoms with Crippen LogP contribution in [0, 0.1) is 22.7 Å². The molecule has 0 N–H and O–H groups in total. The van der Waals surface area contributed by atoms with Crippen LogP contribution in [-0.4, -0.2) is 40.2 Å². The van der Waals surface area contributed by atoms with Crippen molar-refractivity contribution in [2.75, 3.05) is 13.6 Å². The van der Waals surface area contributed by atoms with Crippen molar-refractivity contribution in [3.8, 4) is 6.07 Å². The zero-order valence-corrected chi connectivity index (χ0v) is 14.9. The first-order chi connectivity index (χ1) is 12.1. The molecule has 6 nitrogen and oxygen atoms in total. The minimum Gasteiger partial charge on any atom is -0.340 e. The Hall–Kier alpha value is -2.69. The number of rotatable bonds is 5. The van der Waals surface area contributed by atoms with Gasteiger partial charge in [0.05, 0.1) is 5.57 Å². The van der Waals surface area contributed by atoms with E-state index in [0.717, 1.165) is 17.3 Å². The number of likely N-dealkylation sites (N-methyl/N-ethyl adjacent to an activating group) is 1. The molecule has 1 amide bonds. The van der Waals surface area contributed by atoms with Crippen LogP contribution in [-0.2, 0) is 15.5 Å². The molecule has 0 bridgehead atoms. The van der Waals surface area contributed by atoms with E-state index < -0.39 is 23.1 Å². The maximum Gasteiger partial charge on any atom is 0.383 e. The summed E-state index contributed by atoms with van der Waals surface area (Å²) in [5.41, 5.74) is -0.599. The minimum atomic E-state index is -3.81. The molecule has 0 aromatic carbocycles. The van der Waals surface area contributed by atoms with Crippen molar-refractivity contribution < 1.29 is 18.4 Å². The number of halogens is 2. The summed E-state index contributed by atoms with van der Waals surface area (Å²) in [4.78, 5) is 32.1. The highest BCUT2D eigenvalue weighted by molar-refractivity contribution is 6.03. The fourth-order valence-electron chi connectivity index (χ4n) is 3.01. The highest BCUT2D eigenvalue weighted by Crippen LogP contribution is 2.36. The van der Waals surface area contributed by atoms with E-state index in [1.807, 2.05) is 6.07 Å². The van der Waals surface area contributed by atoms with E-state index in [-0.39, 0.29) is 23.8 Å². The number of aromatic nitrogens is 2. The lowest BCUT2D eigenvalue weighted by Crippen LogP contribution is -2.42. The Morgan fingerprint density at radius 1 is 1.42 bits per heavy atom. The number of hydrogen-bond donors (Lipinski definition) is 0. The van der Waals surface area contributed by atoms with Crippen LogP contribution in [0.25, 0.3) is 0 Å². The van der Waals surface area contributed by atoms with Gasteiger partial charge in [0.25, 0.3) is 0 Å². The maximum absolute atomic E-state index is 14.2. The molecule has 1 aliphatic rings. The number of amides is 1. The van der Waals surface area contributed by atoms with E-state index in [0.29, 0.717) is 12.8 Å². The lowest BCUT2D eigenvalue weighted by Gasteiger charge is -2.32. The smallest absolute Gasteiger partial charge is 0.340 e. The molecule has 0 radical (unpaired) electrons. The number of nitriles is 1. The van der Waals surface area contributed by atoms with E-state index in [1.165, 1.54) is 13.1 Å². The Bertz CT molecular complexity index is 769. The van der Waals surface area contributed by atoms with Gasteiger partial charge in [-0.3, -0.25) is 9.59 Å². The monoisotopic (exact) mass is 362 g/mol. The molecule has 1 aromatic heterocycles. The normalized spacial score (nSPS) is 19.5. The Balaban J connectivity index is 2.05. The zero-order chi connectivity index (χ0) is 19.5. The van der Waals surface area contributed by atoms with Crippen molar-refractivity contribution >= 4 is 11.7 Å². The summed E-state index contributed by atoms with van der Waals surface area (Å²) < 4.78 is 28.5. The van der Waals surface area contributed by atoms with Gasteiger partial charge in [0, 0.05) is 31.4 Å². The van der Waals surface area contributed by atoms with Gasteiger partial charge in [0.2, 0.25) is 5.82 Å². The summed E-state index contributed by atoms with van der Waals surface area (Å²) in [5.74, 6) is -6.40. The van der Waals surface area contributed by atoms with Gasteiger partial charge in [-0.1, -0.05) is 19.9 Å². The third kappa shape index (κ3) is 3.93. The van der Waals surface area contributed by atoms with Crippen LogP contribution in [0.15, 0.2) is 30.1 Å². The molecule has 0 fully saturated rings. The molecule has 1 aromatic rings. The van der Waals surface area contributed by atoms with Crippen LogP contribution in [0.4, 0.5) is 8.78 Å². The van der Waals surface area contributed by atoms with Crippen molar-refractivity contribution in [2.24, 2.45) is 11.3 Å². The number of carbonyl (C=O) groups excluding carboxylic acids is 2. The molecule has 0 saturated heterocycles. The Morgan fingerprint density at radius 3 is 2.62 bits per heavy atom. The second-order valence-corrected chi connectivity index (χ2v) is 7.03. The van der Waals surface area contributed by atoms with Gasteiger partial charge in [-0.15, -0.1) is 0 Å². The van der Waals surface area contributed by atoms with Gasteiger partial charge in [0.15, 0.2) is 5.78 Å². The summed E-state index contributed by atoms with van der Waals surface area (Å²) in [5, 5.41) is 9.09. The molecule has 1 aliphatic carbocycles. The lowest BCUT2D eigenvalue weighted by atomic mass is 9.71. The molecule has 1 heterocycles. The summed E-state index contributed by atoms with van der Waals surface area (Å²) in [7, 11) is 1.28. The van der Waals surface area contributed by atoms with Gasteiger partial charge in [-0.25, -0.2) is 9.97 Å². The largest absolute Gasteiger partial charge is 0.383 e. The Morgan fingerprint density at radius 2 is 2.04 bits per heavy atom. The molecule has 26 heavy (non-hydrogen) atoms. The number of ketones is 1. The number of Topliss-reactive ketones (excluding diaryl/α,β-unsaturated/α-hetero) is 1. The molecule has 2 rings (SSSR count). The predicted molar refractivity (Wildman–Crippen MR) is 88.8 cm³/mol. The molecule has 0 aliphatic heterocycles. The SMILES string of the molecule is CN(CC[C@@H]1C=C(C#N)C(=O)C(C)(C)C1)C(=O)C(F)(F)c1ncccn1. The van der Waals surface area contributed by atoms with Crippen LogP contribution in [0.5, 0.6) is 0 Å². The first-order valence-corrected chi connectivity index (χ1v) is 8.17. The highest BCUT2D eigenvalue weighted by atomic mass is 19.3. The average molecular weight is 362 g/mol. The van der Waals surface area contributed by atoms with Gasteiger partial charge in [0.1, 0.15) is 6.07 Å². The minimum absolute atomic E-state index is 0.0609. The van der Waals surface area contributed by atoms with Crippen molar-refractivity contribution in [2.45, 2.75) is 32.6 Å². The van der Waals surface area contributed by atoms with Gasteiger partial charge in [-0.05, 0) is 24.8 Å². The summed E-state index contributed by atoms with van der Waals surface area (Å²) in [6.45, 7) is 3.57. The first kappa shape index (κ1) is 19.6. The second kappa shape index (κ2) is 7.28. The van der Waals surface area contributed by atoms with Gasteiger partial charge < -0.3 is 4.90 Å². The third-order valence-corrected chi connectivity index (χ3v) is 4.45. The third-order valence-electron chi connectivity index (χ3n) is 4.45. The van der Waals surface area contributed by atoms with Crippen LogP contribution in [0.3, 0.4) is 0 Å². The molecule has 8 heteroatoms. The molecule has 138 valence electrons. The molecular weight excluding hydrogens is 342 g/mol. The van der Waals surface area contributed by atoms with Gasteiger partial charge in [-0.2, -0.15) is 14.0 Å². The van der Waals surface area contributed by atoms with Crippen molar-refractivity contribution in [3.63, 3.8) is 0 Å². The topological polar surface area (TPSA) is 87.0 Å². The van der Waals surface area contributed by atoms with Crippen LogP contribution >= 0.6 is 0 Å². The standard InChI is InChI=1S/C18H20F2N4O2/c1-17(2)10-12(9-13(11-21)14(17)25)5-8-24(3)16(26)18(19,20)15-22-6-4-7-23-15/h4,6-7,9,12H,5,8,10H2,1-3H3/t12-/m1/s1. The molecule has 0 saturated carbocycles. The van der Waals surface area contributed by atoms with Crippen molar-refractivity contribution in [1.82, 2.24) is 14.9 Å². The Kier molecular flexibility index (Phi) is 5.50. The van der Waals surface area contributed by atoms with Crippen LogP contribution in [0.1, 0.15) is 32.5 Å². The predicted octanol–water partition coefficient (Wildman–Crippen LogP) is 2.48. The van der Waals surface area contributed by atoms with E-state index in [2.05, 4.69) is 9.97 Å². The summed E-state index contributed by atoms with van der Waals surface area (Å²) in [6, 6.07) is 3.28.